The molecule has 1 fully saturated rings. The molecular weight excluding hydrogens is 381 g/mol. The van der Waals surface area contributed by atoms with Gasteiger partial charge < -0.3 is 5.32 Å². The number of alkyl halides is 1. The molecule has 2 nitrogen and oxygen atoms in total. The van der Waals surface area contributed by atoms with Crippen molar-refractivity contribution in [3.05, 3.63) is 33.3 Å². The van der Waals surface area contributed by atoms with Crippen molar-refractivity contribution in [2.75, 3.05) is 0 Å². The summed E-state index contributed by atoms with van der Waals surface area (Å²) in [6.45, 7) is 0. The summed E-state index contributed by atoms with van der Waals surface area (Å²) < 4.78 is 0.751. The Balaban J connectivity index is 2.01. The molecule has 0 aliphatic heterocycles. The minimum Gasteiger partial charge on any atom is -0.349 e. The van der Waals surface area contributed by atoms with E-state index >= 15 is 0 Å². The van der Waals surface area contributed by atoms with E-state index in [0.717, 1.165) is 30.2 Å². The van der Waals surface area contributed by atoms with Crippen LogP contribution < -0.4 is 5.32 Å². The molecule has 1 aromatic rings. The van der Waals surface area contributed by atoms with E-state index < -0.39 is 0 Å². The lowest BCUT2D eigenvalue weighted by atomic mass is 9.95. The van der Waals surface area contributed by atoms with Crippen LogP contribution in [-0.2, 0) is 0 Å². The van der Waals surface area contributed by atoms with Crippen LogP contribution in [0, 0.1) is 0 Å². The Kier molecular flexibility index (Phi) is 5.10. The zero-order chi connectivity index (χ0) is 13.1. The van der Waals surface area contributed by atoms with E-state index in [-0.39, 0.29) is 11.9 Å². The molecule has 2 rings (SSSR count). The number of benzene rings is 1. The van der Waals surface area contributed by atoms with Crippen molar-refractivity contribution < 1.29 is 4.79 Å². The third-order valence-corrected chi connectivity index (χ3v) is 5.40. The molecule has 0 unspecified atom stereocenters. The minimum absolute atomic E-state index is 0.0840. The average molecular weight is 396 g/mol. The lowest BCUT2D eigenvalue weighted by molar-refractivity contribution is 0.0928. The van der Waals surface area contributed by atoms with Gasteiger partial charge in [-0.05, 0) is 53.7 Å². The Hall–Kier alpha value is -0.0600. The maximum atomic E-state index is 12.1. The molecule has 98 valence electrons. The summed E-state index contributed by atoms with van der Waals surface area (Å²) in [6, 6.07) is 5.66. The lowest BCUT2D eigenvalue weighted by Crippen LogP contribution is -2.37. The molecule has 1 N–H and O–H groups in total. The van der Waals surface area contributed by atoms with Gasteiger partial charge in [0.1, 0.15) is 0 Å². The molecule has 1 amide bonds. The number of amides is 1. The van der Waals surface area contributed by atoms with Crippen molar-refractivity contribution >= 4 is 49.4 Å². The molecule has 1 aromatic carbocycles. The second-order valence-corrected chi connectivity index (χ2v) is 7.05. The number of rotatable bonds is 2. The van der Waals surface area contributed by atoms with Crippen LogP contribution in [0.3, 0.4) is 0 Å². The Bertz CT molecular complexity index is 445. The molecule has 0 spiro atoms. The number of hydrogen-bond acceptors (Lipinski definition) is 1. The smallest absolute Gasteiger partial charge is 0.253 e. The lowest BCUT2D eigenvalue weighted by Gasteiger charge is -2.26. The molecule has 0 saturated heterocycles. The summed E-state index contributed by atoms with van der Waals surface area (Å²) in [7, 11) is 0. The third kappa shape index (κ3) is 3.49. The summed E-state index contributed by atoms with van der Waals surface area (Å²) >= 11 is 13.1. The molecule has 0 atom stereocenters. The van der Waals surface area contributed by atoms with Crippen LogP contribution in [-0.4, -0.2) is 16.8 Å². The molecule has 1 aliphatic rings. The van der Waals surface area contributed by atoms with Crippen molar-refractivity contribution in [2.24, 2.45) is 0 Å². The van der Waals surface area contributed by atoms with Gasteiger partial charge >= 0.3 is 0 Å². The first-order chi connectivity index (χ1) is 8.58. The SMILES string of the molecule is O=C(NC1CCC(Br)CC1)c1cccc(Br)c1Cl. The van der Waals surface area contributed by atoms with Gasteiger partial charge in [-0.3, -0.25) is 4.79 Å². The average Bonchev–Trinajstić information content (AvgIpc) is 2.35. The zero-order valence-electron chi connectivity index (χ0n) is 9.76. The summed E-state index contributed by atoms with van der Waals surface area (Å²) in [6.07, 6.45) is 4.26. The summed E-state index contributed by atoms with van der Waals surface area (Å²) in [5.74, 6) is -0.0840. The Morgan fingerprint density at radius 2 is 1.94 bits per heavy atom. The number of halogens is 3. The molecular formula is C13H14Br2ClNO. The van der Waals surface area contributed by atoms with Gasteiger partial charge in [0, 0.05) is 15.3 Å². The fraction of sp³-hybridized carbons (Fsp3) is 0.462. The van der Waals surface area contributed by atoms with E-state index in [1.165, 1.54) is 0 Å². The molecule has 0 aromatic heterocycles. The maximum absolute atomic E-state index is 12.1. The number of carbonyl (C=O) groups excluding carboxylic acids is 1. The molecule has 0 bridgehead atoms. The third-order valence-electron chi connectivity index (χ3n) is 3.19. The number of carbonyl (C=O) groups is 1. The van der Waals surface area contributed by atoms with Crippen LogP contribution in [0.5, 0.6) is 0 Å². The van der Waals surface area contributed by atoms with Crippen LogP contribution in [0.25, 0.3) is 0 Å². The van der Waals surface area contributed by atoms with Crippen LogP contribution >= 0.6 is 43.5 Å². The first-order valence-corrected chi connectivity index (χ1v) is 8.05. The summed E-state index contributed by atoms with van der Waals surface area (Å²) in [5.41, 5.74) is 0.534. The van der Waals surface area contributed by atoms with Crippen LogP contribution in [0.2, 0.25) is 5.02 Å². The van der Waals surface area contributed by atoms with Gasteiger partial charge in [-0.25, -0.2) is 0 Å². The maximum Gasteiger partial charge on any atom is 0.253 e. The highest BCUT2D eigenvalue weighted by Gasteiger charge is 2.22. The minimum atomic E-state index is -0.0840. The van der Waals surface area contributed by atoms with Gasteiger partial charge in [0.25, 0.3) is 5.91 Å². The van der Waals surface area contributed by atoms with Gasteiger partial charge in [0.2, 0.25) is 0 Å². The standard InChI is InChI=1S/C13H14Br2ClNO/c14-8-4-6-9(7-5-8)17-13(18)10-2-1-3-11(15)12(10)16/h1-3,8-9H,4-7H2,(H,17,18). The van der Waals surface area contributed by atoms with Crippen molar-refractivity contribution in [3.63, 3.8) is 0 Å². The Morgan fingerprint density at radius 3 is 2.61 bits per heavy atom. The van der Waals surface area contributed by atoms with E-state index in [4.69, 9.17) is 11.6 Å². The van der Waals surface area contributed by atoms with E-state index in [1.807, 2.05) is 12.1 Å². The highest BCUT2D eigenvalue weighted by molar-refractivity contribution is 9.10. The second kappa shape index (κ2) is 6.40. The Labute approximate surface area is 129 Å². The zero-order valence-corrected chi connectivity index (χ0v) is 13.7. The highest BCUT2D eigenvalue weighted by Crippen LogP contribution is 2.27. The number of hydrogen-bond donors (Lipinski definition) is 1. The fourth-order valence-corrected chi connectivity index (χ4v) is 3.25. The largest absolute Gasteiger partial charge is 0.349 e. The van der Waals surface area contributed by atoms with Gasteiger partial charge in [-0.15, -0.1) is 0 Å². The number of nitrogens with one attached hydrogen (secondary N) is 1. The molecule has 0 radical (unpaired) electrons. The Morgan fingerprint density at radius 1 is 1.28 bits per heavy atom. The van der Waals surface area contributed by atoms with Crippen molar-refractivity contribution in [3.8, 4) is 0 Å². The van der Waals surface area contributed by atoms with E-state index in [2.05, 4.69) is 37.2 Å². The predicted molar refractivity (Wildman–Crippen MR) is 81.6 cm³/mol. The molecule has 1 aliphatic carbocycles. The molecule has 18 heavy (non-hydrogen) atoms. The first-order valence-electron chi connectivity index (χ1n) is 5.97. The fourth-order valence-electron chi connectivity index (χ4n) is 2.14. The van der Waals surface area contributed by atoms with Gasteiger partial charge in [0.05, 0.1) is 10.6 Å². The first kappa shape index (κ1) is 14.4. The predicted octanol–water partition coefficient (Wildman–Crippen LogP) is 4.54. The van der Waals surface area contributed by atoms with Crippen molar-refractivity contribution in [1.82, 2.24) is 5.32 Å². The quantitative estimate of drug-likeness (QED) is 0.732. The van der Waals surface area contributed by atoms with Gasteiger partial charge in [0.15, 0.2) is 0 Å². The monoisotopic (exact) mass is 393 g/mol. The van der Waals surface area contributed by atoms with E-state index in [0.29, 0.717) is 15.4 Å². The topological polar surface area (TPSA) is 29.1 Å². The normalized spacial score (nSPS) is 23.7. The van der Waals surface area contributed by atoms with Gasteiger partial charge in [-0.2, -0.15) is 0 Å². The molecule has 1 saturated carbocycles. The van der Waals surface area contributed by atoms with E-state index in [1.54, 1.807) is 6.07 Å². The van der Waals surface area contributed by atoms with Crippen molar-refractivity contribution in [2.45, 2.75) is 36.6 Å². The summed E-state index contributed by atoms with van der Waals surface area (Å²) in [4.78, 5) is 12.7. The molecule has 5 heteroatoms. The summed E-state index contributed by atoms with van der Waals surface area (Å²) in [5, 5.41) is 3.53. The van der Waals surface area contributed by atoms with Crippen LogP contribution in [0.1, 0.15) is 36.0 Å². The van der Waals surface area contributed by atoms with E-state index in [9.17, 15) is 4.79 Å². The van der Waals surface area contributed by atoms with Gasteiger partial charge in [-0.1, -0.05) is 33.6 Å². The van der Waals surface area contributed by atoms with Crippen LogP contribution in [0.15, 0.2) is 22.7 Å². The second-order valence-electron chi connectivity index (χ2n) is 4.52. The molecule has 0 heterocycles. The van der Waals surface area contributed by atoms with Crippen molar-refractivity contribution in [1.29, 1.82) is 0 Å². The highest BCUT2D eigenvalue weighted by atomic mass is 79.9. The van der Waals surface area contributed by atoms with Crippen LogP contribution in [0.4, 0.5) is 0 Å².